The molecular formula is C13H14O3S. The molecule has 0 aliphatic heterocycles. The number of carbonyl (C=O) groups excluding carboxylic acids is 1. The van der Waals surface area contributed by atoms with Gasteiger partial charge < -0.3 is 0 Å². The lowest BCUT2D eigenvalue weighted by Gasteiger charge is -2.15. The van der Waals surface area contributed by atoms with Gasteiger partial charge in [0.15, 0.2) is 15.6 Å². The summed E-state index contributed by atoms with van der Waals surface area (Å²) in [6, 6.07) is 8.08. The van der Waals surface area contributed by atoms with Crippen LogP contribution in [0.15, 0.2) is 46.9 Å². The number of hydrogen-bond acceptors (Lipinski definition) is 3. The van der Waals surface area contributed by atoms with Crippen LogP contribution in [0, 0.1) is 0 Å². The van der Waals surface area contributed by atoms with Crippen molar-refractivity contribution < 1.29 is 13.2 Å². The molecule has 1 aromatic rings. The average Bonchev–Trinajstić information content (AvgIpc) is 2.24. The molecule has 0 spiro atoms. The van der Waals surface area contributed by atoms with Crippen molar-refractivity contribution in [2.75, 3.05) is 5.75 Å². The summed E-state index contributed by atoms with van der Waals surface area (Å²) in [6.45, 7) is 0. The van der Waals surface area contributed by atoms with Crippen LogP contribution in [0.25, 0.3) is 0 Å². The molecule has 0 amide bonds. The van der Waals surface area contributed by atoms with E-state index in [-0.39, 0.29) is 10.7 Å². The molecule has 1 saturated carbocycles. The molecule has 0 atom stereocenters. The van der Waals surface area contributed by atoms with Crippen LogP contribution >= 0.6 is 0 Å². The van der Waals surface area contributed by atoms with Gasteiger partial charge in [0.05, 0.1) is 4.90 Å². The molecule has 17 heavy (non-hydrogen) atoms. The highest BCUT2D eigenvalue weighted by molar-refractivity contribution is 7.92. The van der Waals surface area contributed by atoms with Gasteiger partial charge in [-0.1, -0.05) is 23.8 Å². The summed E-state index contributed by atoms with van der Waals surface area (Å²) >= 11 is 0. The van der Waals surface area contributed by atoms with Gasteiger partial charge >= 0.3 is 0 Å². The minimum Gasteiger partial charge on any atom is -0.294 e. The lowest BCUT2D eigenvalue weighted by atomic mass is 9.92. The third kappa shape index (κ3) is 3.03. The zero-order valence-electron chi connectivity index (χ0n) is 9.43. The molecule has 90 valence electrons. The summed E-state index contributed by atoms with van der Waals surface area (Å²) < 4.78 is 23.8. The maximum atomic E-state index is 11.9. The normalized spacial score (nSPS) is 15.2. The fourth-order valence-electron chi connectivity index (χ4n) is 1.69. The molecule has 0 radical (unpaired) electrons. The summed E-state index contributed by atoms with van der Waals surface area (Å²) in [5.41, 5.74) is 1.07. The maximum Gasteiger partial charge on any atom is 0.185 e. The number of rotatable bonds is 4. The van der Waals surface area contributed by atoms with E-state index in [0.717, 1.165) is 24.8 Å². The third-order valence-corrected chi connectivity index (χ3v) is 4.45. The minimum atomic E-state index is -3.48. The van der Waals surface area contributed by atoms with Gasteiger partial charge in [-0.05, 0) is 37.5 Å². The smallest absolute Gasteiger partial charge is 0.185 e. The monoisotopic (exact) mass is 250 g/mol. The quantitative estimate of drug-likeness (QED) is 0.769. The minimum absolute atomic E-state index is 0.209. The van der Waals surface area contributed by atoms with Gasteiger partial charge in [0, 0.05) is 0 Å². The zero-order chi connectivity index (χ0) is 12.3. The highest BCUT2D eigenvalue weighted by Gasteiger charge is 2.19. The van der Waals surface area contributed by atoms with Crippen molar-refractivity contribution in [1.82, 2.24) is 0 Å². The molecule has 0 N–H and O–H groups in total. The molecule has 2 rings (SSSR count). The van der Waals surface area contributed by atoms with Crippen LogP contribution in [0.3, 0.4) is 0 Å². The Hall–Kier alpha value is -1.42. The van der Waals surface area contributed by atoms with Gasteiger partial charge in [-0.3, -0.25) is 4.79 Å². The predicted molar refractivity (Wildman–Crippen MR) is 65.4 cm³/mol. The van der Waals surface area contributed by atoms with Crippen molar-refractivity contribution in [2.24, 2.45) is 0 Å². The Morgan fingerprint density at radius 3 is 2.35 bits per heavy atom. The van der Waals surface area contributed by atoms with Crippen molar-refractivity contribution >= 4 is 15.6 Å². The average molecular weight is 250 g/mol. The standard InChI is InChI=1S/C13H14O3S/c14-12(9-11-5-4-6-11)10-17(15,16)13-7-2-1-3-8-13/h1-3,7-9H,4-6,10H2. The SMILES string of the molecule is O=C(C=C1CCC1)CS(=O)(=O)c1ccccc1. The number of sulfone groups is 1. The Bertz CT molecular complexity index is 535. The van der Waals surface area contributed by atoms with E-state index >= 15 is 0 Å². The number of ketones is 1. The number of carbonyl (C=O) groups is 1. The topological polar surface area (TPSA) is 51.2 Å². The summed E-state index contributed by atoms with van der Waals surface area (Å²) in [7, 11) is -3.48. The third-order valence-electron chi connectivity index (χ3n) is 2.80. The molecule has 0 aromatic heterocycles. The molecule has 0 saturated heterocycles. The number of benzene rings is 1. The van der Waals surface area contributed by atoms with Crippen molar-refractivity contribution in [3.8, 4) is 0 Å². The summed E-state index contributed by atoms with van der Waals surface area (Å²) in [6.07, 6.45) is 4.45. The van der Waals surface area contributed by atoms with Crippen LogP contribution in [-0.2, 0) is 14.6 Å². The van der Waals surface area contributed by atoms with E-state index in [9.17, 15) is 13.2 Å². The van der Waals surface area contributed by atoms with E-state index in [0.29, 0.717) is 0 Å². The number of allylic oxidation sites excluding steroid dienone is 2. The molecular weight excluding hydrogens is 236 g/mol. The molecule has 1 aliphatic carbocycles. The Balaban J connectivity index is 2.10. The molecule has 0 bridgehead atoms. The molecule has 1 aromatic carbocycles. The van der Waals surface area contributed by atoms with Crippen LogP contribution in [0.1, 0.15) is 19.3 Å². The first-order valence-electron chi connectivity index (χ1n) is 5.58. The summed E-state index contributed by atoms with van der Waals surface area (Å²) in [4.78, 5) is 11.8. The zero-order valence-corrected chi connectivity index (χ0v) is 10.2. The Morgan fingerprint density at radius 2 is 1.82 bits per heavy atom. The van der Waals surface area contributed by atoms with Crippen LogP contribution in [0.4, 0.5) is 0 Å². The van der Waals surface area contributed by atoms with E-state index in [4.69, 9.17) is 0 Å². The summed E-state index contributed by atoms with van der Waals surface area (Å²) in [5, 5.41) is 0. The van der Waals surface area contributed by atoms with Gasteiger partial charge in [-0.15, -0.1) is 0 Å². The fourth-order valence-corrected chi connectivity index (χ4v) is 2.89. The van der Waals surface area contributed by atoms with Gasteiger partial charge in [0.1, 0.15) is 5.75 Å². The molecule has 4 heteroatoms. The van der Waals surface area contributed by atoms with Crippen LogP contribution in [0.5, 0.6) is 0 Å². The van der Waals surface area contributed by atoms with Crippen LogP contribution < -0.4 is 0 Å². The Morgan fingerprint density at radius 1 is 1.18 bits per heavy atom. The van der Waals surface area contributed by atoms with E-state index in [1.165, 1.54) is 18.2 Å². The van der Waals surface area contributed by atoms with Gasteiger partial charge in [-0.2, -0.15) is 0 Å². The van der Waals surface area contributed by atoms with Crippen molar-refractivity contribution in [1.29, 1.82) is 0 Å². The molecule has 1 aliphatic rings. The largest absolute Gasteiger partial charge is 0.294 e. The van der Waals surface area contributed by atoms with Crippen molar-refractivity contribution in [3.05, 3.63) is 42.0 Å². The van der Waals surface area contributed by atoms with E-state index in [1.54, 1.807) is 18.2 Å². The predicted octanol–water partition coefficient (Wildman–Crippen LogP) is 2.14. The second-order valence-corrected chi connectivity index (χ2v) is 6.18. The van der Waals surface area contributed by atoms with Gasteiger partial charge in [-0.25, -0.2) is 8.42 Å². The molecule has 0 unspecified atom stereocenters. The Labute approximate surface area is 101 Å². The molecule has 0 heterocycles. The highest BCUT2D eigenvalue weighted by Crippen LogP contribution is 2.25. The summed E-state index contributed by atoms with van der Waals surface area (Å²) in [5.74, 6) is -0.746. The van der Waals surface area contributed by atoms with E-state index in [1.807, 2.05) is 0 Å². The van der Waals surface area contributed by atoms with E-state index in [2.05, 4.69) is 0 Å². The van der Waals surface area contributed by atoms with Crippen molar-refractivity contribution in [2.45, 2.75) is 24.2 Å². The fraction of sp³-hybridized carbons (Fsp3) is 0.308. The number of hydrogen-bond donors (Lipinski definition) is 0. The second kappa shape index (κ2) is 4.84. The van der Waals surface area contributed by atoms with Crippen LogP contribution in [0.2, 0.25) is 0 Å². The first kappa shape index (κ1) is 12.0. The van der Waals surface area contributed by atoms with E-state index < -0.39 is 15.6 Å². The lowest BCUT2D eigenvalue weighted by molar-refractivity contribution is -0.112. The first-order valence-corrected chi connectivity index (χ1v) is 7.23. The lowest BCUT2D eigenvalue weighted by Crippen LogP contribution is -2.15. The molecule has 1 fully saturated rings. The van der Waals surface area contributed by atoms with Gasteiger partial charge in [0.25, 0.3) is 0 Å². The molecule has 3 nitrogen and oxygen atoms in total. The second-order valence-electron chi connectivity index (χ2n) is 4.19. The maximum absolute atomic E-state index is 11.9. The highest BCUT2D eigenvalue weighted by atomic mass is 32.2. The van der Waals surface area contributed by atoms with Crippen molar-refractivity contribution in [3.63, 3.8) is 0 Å². The first-order chi connectivity index (χ1) is 8.08. The van der Waals surface area contributed by atoms with Gasteiger partial charge in [0.2, 0.25) is 0 Å². The Kier molecular flexibility index (Phi) is 3.43. The van der Waals surface area contributed by atoms with Crippen LogP contribution in [-0.4, -0.2) is 20.0 Å².